The molecule has 4 nitrogen and oxygen atoms in total. The van der Waals surface area contributed by atoms with Crippen LogP contribution in [-0.2, 0) is 9.53 Å². The Morgan fingerprint density at radius 3 is 2.18 bits per heavy atom. The molecule has 1 aliphatic heterocycles. The van der Waals surface area contributed by atoms with E-state index in [4.69, 9.17) is 0 Å². The molecule has 1 heterocycles. The topological polar surface area (TPSA) is 41.6 Å². The van der Waals surface area contributed by atoms with Gasteiger partial charge in [0.25, 0.3) is 6.47 Å². The van der Waals surface area contributed by atoms with E-state index < -0.39 is 0 Å². The molecule has 0 aromatic heterocycles. The van der Waals surface area contributed by atoms with Gasteiger partial charge in [0.15, 0.2) is 0 Å². The highest BCUT2D eigenvalue weighted by Gasteiger charge is 2.14. The van der Waals surface area contributed by atoms with Crippen LogP contribution in [0.1, 0.15) is 40.5 Å². The molecule has 1 N–H and O–H groups in total. The number of hydrogen-bond acceptors (Lipinski definition) is 4. The summed E-state index contributed by atoms with van der Waals surface area (Å²) in [6.07, 6.45) is 2.65. The number of carbonyl (C=O) groups is 1. The van der Waals surface area contributed by atoms with Gasteiger partial charge in [-0.2, -0.15) is 0 Å². The summed E-state index contributed by atoms with van der Waals surface area (Å²) in [6, 6.07) is 0.793. The maximum atomic E-state index is 9.60. The SMILES string of the molecule is CC(C)(C)OC=O.CCNC1CCN(C)CC1. The number of rotatable bonds is 3. The lowest BCUT2D eigenvalue weighted by Gasteiger charge is -2.29. The van der Waals surface area contributed by atoms with E-state index in [2.05, 4.69) is 28.9 Å². The van der Waals surface area contributed by atoms with Crippen molar-refractivity contribution < 1.29 is 9.53 Å². The first-order valence-corrected chi connectivity index (χ1v) is 6.42. The van der Waals surface area contributed by atoms with Crippen molar-refractivity contribution in [3.05, 3.63) is 0 Å². The molecule has 0 spiro atoms. The molecule has 0 amide bonds. The van der Waals surface area contributed by atoms with E-state index in [1.807, 2.05) is 20.8 Å². The molecule has 102 valence electrons. The third-order valence-electron chi connectivity index (χ3n) is 2.61. The average molecular weight is 244 g/mol. The number of likely N-dealkylation sites (tertiary alicyclic amines) is 1. The second-order valence-corrected chi connectivity index (χ2v) is 5.46. The fraction of sp³-hybridized carbons (Fsp3) is 0.923. The van der Waals surface area contributed by atoms with Crippen LogP contribution in [0.4, 0.5) is 0 Å². The van der Waals surface area contributed by atoms with E-state index in [1.165, 1.54) is 25.9 Å². The van der Waals surface area contributed by atoms with E-state index in [0.717, 1.165) is 12.6 Å². The third kappa shape index (κ3) is 10.3. The van der Waals surface area contributed by atoms with Gasteiger partial charge in [0.1, 0.15) is 5.60 Å². The predicted octanol–water partition coefficient (Wildman–Crippen LogP) is 1.65. The minimum Gasteiger partial charge on any atom is -0.462 e. The lowest BCUT2D eigenvalue weighted by atomic mass is 10.1. The average Bonchev–Trinajstić information content (AvgIpc) is 2.21. The van der Waals surface area contributed by atoms with Gasteiger partial charge in [0, 0.05) is 6.04 Å². The summed E-state index contributed by atoms with van der Waals surface area (Å²) >= 11 is 0. The summed E-state index contributed by atoms with van der Waals surface area (Å²) < 4.78 is 4.55. The highest BCUT2D eigenvalue weighted by Crippen LogP contribution is 2.07. The molecule has 0 unspecified atom stereocenters. The molecule has 17 heavy (non-hydrogen) atoms. The number of nitrogens with one attached hydrogen (secondary N) is 1. The highest BCUT2D eigenvalue weighted by atomic mass is 16.5. The lowest BCUT2D eigenvalue weighted by Crippen LogP contribution is -2.40. The van der Waals surface area contributed by atoms with E-state index in [-0.39, 0.29) is 5.60 Å². The summed E-state index contributed by atoms with van der Waals surface area (Å²) in [4.78, 5) is 12.0. The molecule has 0 saturated carbocycles. The molecule has 1 fully saturated rings. The second-order valence-electron chi connectivity index (χ2n) is 5.46. The molecule has 1 rings (SSSR count). The zero-order valence-electron chi connectivity index (χ0n) is 12.0. The van der Waals surface area contributed by atoms with Gasteiger partial charge in [-0.15, -0.1) is 0 Å². The van der Waals surface area contributed by atoms with Crippen molar-refractivity contribution in [3.8, 4) is 0 Å². The van der Waals surface area contributed by atoms with E-state index in [1.54, 1.807) is 0 Å². The van der Waals surface area contributed by atoms with Crippen LogP contribution >= 0.6 is 0 Å². The summed E-state index contributed by atoms with van der Waals surface area (Å²) in [7, 11) is 2.20. The van der Waals surface area contributed by atoms with Crippen LogP contribution in [0.5, 0.6) is 0 Å². The normalized spacial score (nSPS) is 18.2. The minimum atomic E-state index is -0.318. The third-order valence-corrected chi connectivity index (χ3v) is 2.61. The molecule has 4 heteroatoms. The van der Waals surface area contributed by atoms with Gasteiger partial charge in [0.05, 0.1) is 0 Å². The summed E-state index contributed by atoms with van der Waals surface area (Å²) in [5, 5.41) is 3.48. The van der Waals surface area contributed by atoms with Crippen LogP contribution in [0.25, 0.3) is 0 Å². The van der Waals surface area contributed by atoms with Crippen molar-refractivity contribution in [2.75, 3.05) is 26.7 Å². The largest absolute Gasteiger partial charge is 0.462 e. The number of nitrogens with zero attached hydrogens (tertiary/aromatic N) is 1. The Morgan fingerprint density at radius 1 is 1.35 bits per heavy atom. The monoisotopic (exact) mass is 244 g/mol. The van der Waals surface area contributed by atoms with Gasteiger partial charge >= 0.3 is 0 Å². The van der Waals surface area contributed by atoms with Crippen molar-refractivity contribution in [1.82, 2.24) is 10.2 Å². The summed E-state index contributed by atoms with van der Waals surface area (Å²) in [6.45, 7) is 11.7. The predicted molar refractivity (Wildman–Crippen MR) is 71.1 cm³/mol. The van der Waals surface area contributed by atoms with Gasteiger partial charge in [0.2, 0.25) is 0 Å². The van der Waals surface area contributed by atoms with Crippen LogP contribution in [-0.4, -0.2) is 49.7 Å². The molecule has 0 aliphatic carbocycles. The molecule has 1 saturated heterocycles. The van der Waals surface area contributed by atoms with Gasteiger partial charge in [-0.3, -0.25) is 4.79 Å². The summed E-state index contributed by atoms with van der Waals surface area (Å²) in [5.41, 5.74) is -0.318. The smallest absolute Gasteiger partial charge is 0.293 e. The standard InChI is InChI=1S/C8H18N2.C5H10O2/c1-3-9-8-4-6-10(2)7-5-8;1-5(2,3)7-4-6/h8-9H,3-7H2,1-2H3;4H,1-3H3. The molecule has 0 aromatic carbocycles. The molecule has 0 bridgehead atoms. The van der Waals surface area contributed by atoms with Crippen molar-refractivity contribution >= 4 is 6.47 Å². The van der Waals surface area contributed by atoms with Gasteiger partial charge in [-0.25, -0.2) is 0 Å². The second kappa shape index (κ2) is 8.48. The van der Waals surface area contributed by atoms with Crippen LogP contribution < -0.4 is 5.32 Å². The van der Waals surface area contributed by atoms with E-state index in [0.29, 0.717) is 6.47 Å². The Kier molecular flexibility index (Phi) is 8.17. The van der Waals surface area contributed by atoms with Crippen molar-refractivity contribution in [3.63, 3.8) is 0 Å². The van der Waals surface area contributed by atoms with Crippen molar-refractivity contribution in [1.29, 1.82) is 0 Å². The molecular weight excluding hydrogens is 216 g/mol. The van der Waals surface area contributed by atoms with Crippen LogP contribution in [0.3, 0.4) is 0 Å². The van der Waals surface area contributed by atoms with E-state index >= 15 is 0 Å². The molecule has 0 radical (unpaired) electrons. The number of ether oxygens (including phenoxy) is 1. The first-order valence-electron chi connectivity index (χ1n) is 6.42. The van der Waals surface area contributed by atoms with E-state index in [9.17, 15) is 4.79 Å². The van der Waals surface area contributed by atoms with Gasteiger partial charge in [-0.05, 0) is 60.3 Å². The Morgan fingerprint density at radius 2 is 1.88 bits per heavy atom. The van der Waals surface area contributed by atoms with Crippen LogP contribution in [0.2, 0.25) is 0 Å². The zero-order chi connectivity index (χ0) is 13.3. The molecule has 1 aliphatic rings. The van der Waals surface area contributed by atoms with Crippen LogP contribution in [0.15, 0.2) is 0 Å². The molecule has 0 aromatic rings. The van der Waals surface area contributed by atoms with Gasteiger partial charge < -0.3 is 15.0 Å². The lowest BCUT2D eigenvalue weighted by molar-refractivity contribution is -0.138. The number of hydrogen-bond donors (Lipinski definition) is 1. The molecular formula is C13H28N2O2. The Hall–Kier alpha value is -0.610. The zero-order valence-corrected chi connectivity index (χ0v) is 12.0. The van der Waals surface area contributed by atoms with Gasteiger partial charge in [-0.1, -0.05) is 6.92 Å². The first-order chi connectivity index (χ1) is 7.89. The minimum absolute atomic E-state index is 0.318. The Balaban J connectivity index is 0.000000325. The Labute approximate surface area is 106 Å². The maximum Gasteiger partial charge on any atom is 0.293 e. The number of carbonyl (C=O) groups excluding carboxylic acids is 1. The number of piperidine rings is 1. The first kappa shape index (κ1) is 16.4. The highest BCUT2D eigenvalue weighted by molar-refractivity contribution is 5.37. The van der Waals surface area contributed by atoms with Crippen molar-refractivity contribution in [2.24, 2.45) is 0 Å². The fourth-order valence-electron chi connectivity index (χ4n) is 1.65. The summed E-state index contributed by atoms with van der Waals surface area (Å²) in [5.74, 6) is 0. The van der Waals surface area contributed by atoms with Crippen molar-refractivity contribution in [2.45, 2.75) is 52.2 Å². The quantitative estimate of drug-likeness (QED) is 0.767. The van der Waals surface area contributed by atoms with Crippen LogP contribution in [0, 0.1) is 0 Å². The molecule has 0 atom stereocenters. The fourth-order valence-corrected chi connectivity index (χ4v) is 1.65. The Bertz CT molecular complexity index is 194. The maximum absolute atomic E-state index is 9.60.